The summed E-state index contributed by atoms with van der Waals surface area (Å²) in [6, 6.07) is 0. The predicted octanol–water partition coefficient (Wildman–Crippen LogP) is 2.30. The lowest BCUT2D eigenvalue weighted by Crippen LogP contribution is -2.41. The smallest absolute Gasteiger partial charge is 0.399 e. The van der Waals surface area contributed by atoms with Gasteiger partial charge in [-0.15, -0.1) is 0 Å². The molecule has 0 spiro atoms. The van der Waals surface area contributed by atoms with E-state index in [0.29, 0.717) is 0 Å². The minimum absolute atomic E-state index is 0.306. The molecule has 1 aliphatic rings. The summed E-state index contributed by atoms with van der Waals surface area (Å²) in [5.41, 5.74) is 1.30. The Labute approximate surface area is 99.0 Å². The fraction of sp³-hybridized carbons (Fsp3) is 0.667. The predicted molar refractivity (Wildman–Crippen MR) is 68.0 cm³/mol. The van der Waals surface area contributed by atoms with Crippen LogP contribution in [0, 0.1) is 0 Å². The first kappa shape index (κ1) is 13.3. The van der Waals surface area contributed by atoms with Crippen LogP contribution in [0.1, 0.15) is 34.6 Å². The number of allylic oxidation sites excluding steroid dienone is 2. The monoisotopic (exact) mass is 223 g/mol. The molecule has 1 saturated heterocycles. The summed E-state index contributed by atoms with van der Waals surface area (Å²) in [7, 11) is 1.52. The van der Waals surface area contributed by atoms with Crippen LogP contribution in [0.15, 0.2) is 23.8 Å². The van der Waals surface area contributed by atoms with E-state index in [2.05, 4.69) is 11.9 Å². The van der Waals surface area contributed by atoms with Gasteiger partial charge in [-0.25, -0.2) is 0 Å². The molecule has 16 heavy (non-hydrogen) atoms. The fourth-order valence-electron chi connectivity index (χ4n) is 1.52. The van der Waals surface area contributed by atoms with Crippen molar-refractivity contribution in [1.82, 2.24) is 5.32 Å². The minimum atomic E-state index is -0.338. The third kappa shape index (κ3) is 2.33. The van der Waals surface area contributed by atoms with Crippen molar-refractivity contribution in [3.8, 4) is 0 Å². The van der Waals surface area contributed by atoms with Crippen molar-refractivity contribution in [2.24, 2.45) is 0 Å². The van der Waals surface area contributed by atoms with Crippen LogP contribution < -0.4 is 5.32 Å². The van der Waals surface area contributed by atoms with Gasteiger partial charge in [0, 0.05) is 12.5 Å². The Bertz CT molecular complexity index is 305. The first-order chi connectivity index (χ1) is 7.21. The normalized spacial score (nSPS) is 23.4. The van der Waals surface area contributed by atoms with Crippen LogP contribution in [0.25, 0.3) is 0 Å². The number of hydrogen-bond donors (Lipinski definition) is 1. The van der Waals surface area contributed by atoms with Crippen molar-refractivity contribution in [2.45, 2.75) is 45.8 Å². The van der Waals surface area contributed by atoms with Gasteiger partial charge in [-0.2, -0.15) is 0 Å². The molecule has 0 unspecified atom stereocenters. The maximum Gasteiger partial charge on any atom is 0.496 e. The van der Waals surface area contributed by atoms with Gasteiger partial charge in [0.25, 0.3) is 0 Å². The molecule has 0 aliphatic carbocycles. The van der Waals surface area contributed by atoms with Crippen molar-refractivity contribution in [3.05, 3.63) is 23.8 Å². The molecule has 0 aromatic rings. The van der Waals surface area contributed by atoms with Gasteiger partial charge >= 0.3 is 7.12 Å². The minimum Gasteiger partial charge on any atom is -0.399 e. The lowest BCUT2D eigenvalue weighted by Gasteiger charge is -2.32. The Morgan fingerprint density at radius 1 is 1.19 bits per heavy atom. The highest BCUT2D eigenvalue weighted by molar-refractivity contribution is 6.56. The molecule has 0 bridgehead atoms. The van der Waals surface area contributed by atoms with E-state index < -0.39 is 0 Å². The summed E-state index contributed by atoms with van der Waals surface area (Å²) < 4.78 is 11.9. The molecule has 1 aliphatic heterocycles. The number of hydrogen-bond acceptors (Lipinski definition) is 3. The first-order valence-corrected chi connectivity index (χ1v) is 5.60. The van der Waals surface area contributed by atoms with Crippen LogP contribution in [-0.4, -0.2) is 25.4 Å². The standard InChI is InChI=1S/C12H22BNO2/c1-9(2)10(8-14-7)13-15-11(3,4)12(5,6)16-13/h8,14H,1H2,2-7H3/b10-8+. The summed E-state index contributed by atoms with van der Waals surface area (Å²) >= 11 is 0. The highest BCUT2D eigenvalue weighted by atomic mass is 16.7. The Hall–Kier alpha value is -0.735. The van der Waals surface area contributed by atoms with E-state index in [1.54, 1.807) is 0 Å². The average Bonchev–Trinajstić information content (AvgIpc) is 2.31. The van der Waals surface area contributed by atoms with Crippen molar-refractivity contribution in [1.29, 1.82) is 0 Å². The lowest BCUT2D eigenvalue weighted by atomic mass is 9.75. The molecular weight excluding hydrogens is 201 g/mol. The van der Waals surface area contributed by atoms with Gasteiger partial charge < -0.3 is 14.6 Å². The topological polar surface area (TPSA) is 30.5 Å². The van der Waals surface area contributed by atoms with Crippen LogP contribution in [-0.2, 0) is 9.31 Å². The zero-order chi connectivity index (χ0) is 12.6. The molecule has 0 atom stereocenters. The molecule has 0 saturated carbocycles. The first-order valence-electron chi connectivity index (χ1n) is 5.60. The van der Waals surface area contributed by atoms with Crippen LogP contribution in [0.5, 0.6) is 0 Å². The second kappa shape index (κ2) is 4.26. The summed E-state index contributed by atoms with van der Waals surface area (Å²) in [6.07, 6.45) is 1.88. The second-order valence-corrected chi connectivity index (χ2v) is 5.26. The summed E-state index contributed by atoms with van der Waals surface area (Å²) in [6.45, 7) is 14.1. The van der Waals surface area contributed by atoms with Gasteiger partial charge in [-0.05, 0) is 40.8 Å². The zero-order valence-corrected chi connectivity index (χ0v) is 11.2. The molecule has 4 heteroatoms. The van der Waals surface area contributed by atoms with Crippen LogP contribution in [0.3, 0.4) is 0 Å². The Balaban J connectivity index is 2.94. The molecule has 0 aromatic heterocycles. The van der Waals surface area contributed by atoms with E-state index in [-0.39, 0.29) is 18.3 Å². The molecule has 0 amide bonds. The van der Waals surface area contributed by atoms with Crippen molar-refractivity contribution < 1.29 is 9.31 Å². The Morgan fingerprint density at radius 2 is 1.62 bits per heavy atom. The van der Waals surface area contributed by atoms with E-state index in [1.807, 2.05) is 47.9 Å². The highest BCUT2D eigenvalue weighted by Gasteiger charge is 2.52. The van der Waals surface area contributed by atoms with E-state index in [1.165, 1.54) is 0 Å². The molecule has 90 valence electrons. The Morgan fingerprint density at radius 3 is 1.94 bits per heavy atom. The number of rotatable bonds is 3. The van der Waals surface area contributed by atoms with Gasteiger partial charge in [-0.3, -0.25) is 0 Å². The van der Waals surface area contributed by atoms with Gasteiger partial charge in [0.05, 0.1) is 11.2 Å². The van der Waals surface area contributed by atoms with Crippen LogP contribution in [0.2, 0.25) is 0 Å². The molecule has 1 rings (SSSR count). The summed E-state index contributed by atoms with van der Waals surface area (Å²) in [5.74, 6) is 0. The molecule has 0 aromatic carbocycles. The molecule has 0 radical (unpaired) electrons. The van der Waals surface area contributed by atoms with Gasteiger partial charge in [0.15, 0.2) is 0 Å². The lowest BCUT2D eigenvalue weighted by molar-refractivity contribution is 0.00578. The largest absolute Gasteiger partial charge is 0.496 e. The summed E-state index contributed by atoms with van der Waals surface area (Å²) in [4.78, 5) is 0. The van der Waals surface area contributed by atoms with E-state index in [4.69, 9.17) is 9.31 Å². The molecule has 1 heterocycles. The molecule has 1 N–H and O–H groups in total. The Kier molecular flexibility index (Phi) is 3.55. The van der Waals surface area contributed by atoms with Gasteiger partial charge in [0.1, 0.15) is 0 Å². The van der Waals surface area contributed by atoms with Crippen molar-refractivity contribution in [3.63, 3.8) is 0 Å². The molecule has 1 fully saturated rings. The van der Waals surface area contributed by atoms with Crippen molar-refractivity contribution in [2.75, 3.05) is 7.05 Å². The van der Waals surface area contributed by atoms with Crippen molar-refractivity contribution >= 4 is 7.12 Å². The highest BCUT2D eigenvalue weighted by Crippen LogP contribution is 2.39. The van der Waals surface area contributed by atoms with Gasteiger partial charge in [0.2, 0.25) is 0 Å². The zero-order valence-electron chi connectivity index (χ0n) is 11.2. The molecule has 3 nitrogen and oxygen atoms in total. The van der Waals surface area contributed by atoms with Crippen LogP contribution in [0.4, 0.5) is 0 Å². The van der Waals surface area contributed by atoms with Crippen LogP contribution >= 0.6 is 0 Å². The van der Waals surface area contributed by atoms with E-state index in [0.717, 1.165) is 11.0 Å². The fourth-order valence-corrected chi connectivity index (χ4v) is 1.52. The maximum atomic E-state index is 5.95. The van der Waals surface area contributed by atoms with Gasteiger partial charge in [-0.1, -0.05) is 12.2 Å². The maximum absolute atomic E-state index is 5.95. The van der Waals surface area contributed by atoms with E-state index >= 15 is 0 Å². The third-order valence-corrected chi connectivity index (χ3v) is 3.30. The molecular formula is C12H22BNO2. The quantitative estimate of drug-likeness (QED) is 0.588. The average molecular weight is 223 g/mol. The number of nitrogens with one attached hydrogen (secondary N) is 1. The SMILES string of the molecule is C=C(C)/C(=C\NC)B1OC(C)(C)C(C)(C)O1. The second-order valence-electron chi connectivity index (χ2n) is 5.26. The third-order valence-electron chi connectivity index (χ3n) is 3.30. The van der Waals surface area contributed by atoms with E-state index in [9.17, 15) is 0 Å². The summed E-state index contributed by atoms with van der Waals surface area (Å²) in [5, 5.41) is 3.00.